The number of rotatable bonds is 7. The van der Waals surface area contributed by atoms with Gasteiger partial charge in [0, 0.05) is 11.6 Å². The SMILES string of the molecule is CC(C)C(=O)Nc1nc2ncc(CN(C=O)c3ccc(C(=O)O)cc3)nc2c(=O)[nH]1. The molecule has 0 unspecified atom stereocenters. The Morgan fingerprint density at radius 2 is 1.93 bits per heavy atom. The van der Waals surface area contributed by atoms with E-state index in [0.29, 0.717) is 17.8 Å². The minimum atomic E-state index is -1.07. The second kappa shape index (κ2) is 8.47. The van der Waals surface area contributed by atoms with Crippen molar-refractivity contribution in [2.45, 2.75) is 20.4 Å². The summed E-state index contributed by atoms with van der Waals surface area (Å²) in [5, 5.41) is 11.5. The third-order valence-electron chi connectivity index (χ3n) is 4.14. The predicted octanol–water partition coefficient (Wildman–Crippen LogP) is 1.17. The van der Waals surface area contributed by atoms with Gasteiger partial charge in [-0.1, -0.05) is 13.8 Å². The molecule has 2 amide bonds. The summed E-state index contributed by atoms with van der Waals surface area (Å²) >= 11 is 0. The first-order chi connectivity index (χ1) is 14.3. The second-order valence-corrected chi connectivity index (χ2v) is 6.68. The number of aromatic carboxylic acids is 1. The van der Waals surface area contributed by atoms with Crippen LogP contribution < -0.4 is 15.8 Å². The van der Waals surface area contributed by atoms with E-state index < -0.39 is 11.5 Å². The molecule has 3 rings (SSSR count). The average molecular weight is 410 g/mol. The lowest BCUT2D eigenvalue weighted by molar-refractivity contribution is -0.119. The van der Waals surface area contributed by atoms with Crippen LogP contribution in [0.4, 0.5) is 11.6 Å². The molecule has 154 valence electrons. The maximum Gasteiger partial charge on any atom is 0.335 e. The van der Waals surface area contributed by atoms with Crippen molar-refractivity contribution in [2.75, 3.05) is 10.2 Å². The Balaban J connectivity index is 1.86. The molecule has 3 aromatic rings. The number of carbonyl (C=O) groups excluding carboxylic acids is 2. The Kier molecular flexibility index (Phi) is 5.81. The summed E-state index contributed by atoms with van der Waals surface area (Å²) in [4.78, 5) is 62.7. The predicted molar refractivity (Wildman–Crippen MR) is 107 cm³/mol. The van der Waals surface area contributed by atoms with Crippen LogP contribution in [-0.4, -0.2) is 43.3 Å². The number of carboxylic acids is 1. The fraction of sp³-hybridized carbons (Fsp3) is 0.211. The Hall–Kier alpha value is -4.15. The molecule has 0 aliphatic carbocycles. The molecule has 2 heterocycles. The van der Waals surface area contributed by atoms with Crippen molar-refractivity contribution in [1.29, 1.82) is 0 Å². The summed E-state index contributed by atoms with van der Waals surface area (Å²) in [6.07, 6.45) is 1.93. The van der Waals surface area contributed by atoms with Crippen molar-refractivity contribution in [2.24, 2.45) is 5.92 Å². The first-order valence-electron chi connectivity index (χ1n) is 8.90. The maximum atomic E-state index is 12.3. The first kappa shape index (κ1) is 20.6. The second-order valence-electron chi connectivity index (χ2n) is 6.68. The molecule has 30 heavy (non-hydrogen) atoms. The van der Waals surface area contributed by atoms with Gasteiger partial charge >= 0.3 is 5.97 Å². The molecule has 11 heteroatoms. The van der Waals surface area contributed by atoms with Crippen LogP contribution in [0, 0.1) is 5.92 Å². The lowest BCUT2D eigenvalue weighted by Crippen LogP contribution is -2.24. The van der Waals surface area contributed by atoms with Crippen LogP contribution in [0.1, 0.15) is 29.9 Å². The Bertz CT molecular complexity index is 1170. The van der Waals surface area contributed by atoms with E-state index in [2.05, 4.69) is 25.3 Å². The minimum absolute atomic E-state index is 0.00410. The molecule has 0 aliphatic rings. The van der Waals surface area contributed by atoms with E-state index in [4.69, 9.17) is 5.11 Å². The summed E-state index contributed by atoms with van der Waals surface area (Å²) in [6, 6.07) is 5.73. The van der Waals surface area contributed by atoms with Gasteiger partial charge in [-0.2, -0.15) is 4.98 Å². The van der Waals surface area contributed by atoms with Gasteiger partial charge in [0.1, 0.15) is 0 Å². The molecule has 0 saturated carbocycles. The van der Waals surface area contributed by atoms with E-state index in [1.165, 1.54) is 35.4 Å². The zero-order valence-electron chi connectivity index (χ0n) is 16.1. The molecule has 11 nitrogen and oxygen atoms in total. The van der Waals surface area contributed by atoms with E-state index in [9.17, 15) is 19.2 Å². The number of hydrogen-bond donors (Lipinski definition) is 3. The fourth-order valence-electron chi connectivity index (χ4n) is 2.51. The zero-order chi connectivity index (χ0) is 21.8. The molecule has 2 aromatic heterocycles. The standard InChI is InChI=1S/C19H18N6O5/c1-10(2)16(27)23-19-22-15-14(17(28)24-19)21-12(7-20-15)8-25(9-26)13-5-3-11(4-6-13)18(29)30/h3-7,9-10H,8H2,1-2H3,(H,29,30)(H2,20,22,23,24,27,28). The highest BCUT2D eigenvalue weighted by Gasteiger charge is 2.14. The van der Waals surface area contributed by atoms with Gasteiger partial charge in [0.25, 0.3) is 5.56 Å². The molecule has 0 fully saturated rings. The average Bonchev–Trinajstić information content (AvgIpc) is 2.72. The van der Waals surface area contributed by atoms with Gasteiger partial charge in [0.05, 0.1) is 24.0 Å². The quantitative estimate of drug-likeness (QED) is 0.490. The van der Waals surface area contributed by atoms with E-state index in [-0.39, 0.29) is 41.0 Å². The largest absolute Gasteiger partial charge is 0.478 e. The minimum Gasteiger partial charge on any atom is -0.478 e. The summed E-state index contributed by atoms with van der Waals surface area (Å²) in [5.74, 6) is -1.70. The van der Waals surface area contributed by atoms with E-state index >= 15 is 0 Å². The molecule has 0 spiro atoms. The van der Waals surface area contributed by atoms with Gasteiger partial charge in [0.2, 0.25) is 18.3 Å². The lowest BCUT2D eigenvalue weighted by atomic mass is 10.2. The van der Waals surface area contributed by atoms with Gasteiger partial charge in [-0.25, -0.2) is 14.8 Å². The van der Waals surface area contributed by atoms with Gasteiger partial charge in [-0.05, 0) is 24.3 Å². The maximum absolute atomic E-state index is 12.3. The number of nitrogens with zero attached hydrogens (tertiary/aromatic N) is 4. The molecule has 0 saturated heterocycles. The number of carboxylic acid groups (broad SMARTS) is 1. The number of hydrogen-bond acceptors (Lipinski definition) is 7. The Labute approximate surface area is 169 Å². The zero-order valence-corrected chi connectivity index (χ0v) is 16.1. The van der Waals surface area contributed by atoms with Crippen LogP contribution in [0.3, 0.4) is 0 Å². The number of amides is 2. The van der Waals surface area contributed by atoms with Crippen LogP contribution in [-0.2, 0) is 16.1 Å². The molecule has 1 aromatic carbocycles. The number of aromatic nitrogens is 4. The van der Waals surface area contributed by atoms with Crippen molar-refractivity contribution in [3.63, 3.8) is 0 Å². The van der Waals surface area contributed by atoms with Crippen molar-refractivity contribution in [3.8, 4) is 0 Å². The summed E-state index contributed by atoms with van der Waals surface area (Å²) in [7, 11) is 0. The van der Waals surface area contributed by atoms with Crippen molar-refractivity contribution < 1.29 is 19.5 Å². The lowest BCUT2D eigenvalue weighted by Gasteiger charge is -2.17. The van der Waals surface area contributed by atoms with Crippen molar-refractivity contribution >= 4 is 41.1 Å². The van der Waals surface area contributed by atoms with E-state index in [1.54, 1.807) is 13.8 Å². The number of fused-ring (bicyclic) bond motifs is 1. The Morgan fingerprint density at radius 1 is 1.23 bits per heavy atom. The molecule has 0 radical (unpaired) electrons. The van der Waals surface area contributed by atoms with E-state index in [1.807, 2.05) is 0 Å². The normalized spacial score (nSPS) is 10.8. The molecular formula is C19H18N6O5. The highest BCUT2D eigenvalue weighted by molar-refractivity contribution is 5.91. The van der Waals surface area contributed by atoms with Gasteiger partial charge < -0.3 is 10.0 Å². The van der Waals surface area contributed by atoms with Crippen molar-refractivity contribution in [3.05, 3.63) is 52.1 Å². The molecular weight excluding hydrogens is 392 g/mol. The monoisotopic (exact) mass is 410 g/mol. The smallest absolute Gasteiger partial charge is 0.335 e. The highest BCUT2D eigenvalue weighted by Crippen LogP contribution is 2.17. The topological polar surface area (TPSA) is 158 Å². The molecule has 0 aliphatic heterocycles. The first-order valence-corrected chi connectivity index (χ1v) is 8.90. The number of aromatic amines is 1. The molecule has 0 bridgehead atoms. The molecule has 0 atom stereocenters. The third kappa shape index (κ3) is 4.46. The van der Waals surface area contributed by atoms with Gasteiger partial charge in [-0.3, -0.25) is 24.7 Å². The highest BCUT2D eigenvalue weighted by atomic mass is 16.4. The summed E-state index contributed by atoms with van der Waals surface area (Å²) in [6.45, 7) is 3.41. The Morgan fingerprint density at radius 3 is 2.53 bits per heavy atom. The van der Waals surface area contributed by atoms with Crippen LogP contribution in [0.15, 0.2) is 35.3 Å². The van der Waals surface area contributed by atoms with Crippen LogP contribution in [0.2, 0.25) is 0 Å². The van der Waals surface area contributed by atoms with Crippen LogP contribution in [0.5, 0.6) is 0 Å². The van der Waals surface area contributed by atoms with Crippen molar-refractivity contribution in [1.82, 2.24) is 19.9 Å². The van der Waals surface area contributed by atoms with Crippen LogP contribution in [0.25, 0.3) is 11.2 Å². The summed E-state index contributed by atoms with van der Waals surface area (Å²) < 4.78 is 0. The number of H-pyrrole nitrogens is 1. The number of nitrogens with one attached hydrogen (secondary N) is 2. The van der Waals surface area contributed by atoms with E-state index in [0.717, 1.165) is 0 Å². The number of carbonyl (C=O) groups is 3. The van der Waals surface area contributed by atoms with Gasteiger partial charge in [-0.15, -0.1) is 0 Å². The molecule has 3 N–H and O–H groups in total. The number of benzene rings is 1. The van der Waals surface area contributed by atoms with Gasteiger partial charge in [0.15, 0.2) is 11.2 Å². The van der Waals surface area contributed by atoms with Crippen LogP contribution >= 0.6 is 0 Å². The third-order valence-corrected chi connectivity index (χ3v) is 4.14. The fourth-order valence-corrected chi connectivity index (χ4v) is 2.51. The summed E-state index contributed by atoms with van der Waals surface area (Å²) in [5.41, 5.74) is 0.288. The number of anilines is 2.